The van der Waals surface area contributed by atoms with Crippen LogP contribution < -0.4 is 10.1 Å². The third-order valence-electron chi connectivity index (χ3n) is 4.64. The lowest BCUT2D eigenvalue weighted by molar-refractivity contribution is -0.123. The normalized spacial score (nSPS) is 17.6. The summed E-state index contributed by atoms with van der Waals surface area (Å²) in [7, 11) is 4.02. The first-order valence-electron chi connectivity index (χ1n) is 8.72. The molecule has 1 radical (unpaired) electrons. The summed E-state index contributed by atoms with van der Waals surface area (Å²) in [4.78, 5) is 14.3. The second-order valence-electron chi connectivity index (χ2n) is 6.56. The van der Waals surface area contributed by atoms with Crippen molar-refractivity contribution in [2.45, 2.75) is 25.3 Å². The average Bonchev–Trinajstić information content (AvgIpc) is 3.22. The number of hydrogen-bond donors (Lipinski definition) is 1. The van der Waals surface area contributed by atoms with Crippen molar-refractivity contribution in [1.29, 1.82) is 0 Å². The summed E-state index contributed by atoms with van der Waals surface area (Å²) in [5, 5.41) is 7.10. The Bertz CT molecular complexity index is 713. The van der Waals surface area contributed by atoms with Gasteiger partial charge < -0.3 is 15.0 Å². The van der Waals surface area contributed by atoms with Gasteiger partial charge in [0.25, 0.3) is 5.91 Å². The van der Waals surface area contributed by atoms with Crippen LogP contribution in [0.25, 0.3) is 11.1 Å². The fraction of sp³-hybridized carbons (Fsp3) is 0.474. The van der Waals surface area contributed by atoms with Gasteiger partial charge in [0.05, 0.1) is 6.20 Å². The molecule has 0 bridgehead atoms. The zero-order valence-corrected chi connectivity index (χ0v) is 14.9. The van der Waals surface area contributed by atoms with Gasteiger partial charge >= 0.3 is 0 Å². The minimum Gasteiger partial charge on any atom is -0.484 e. The molecule has 2 aromatic rings. The zero-order chi connectivity index (χ0) is 17.6. The Hall–Kier alpha value is -2.34. The number of ether oxygens (including phenoxy) is 1. The smallest absolute Gasteiger partial charge is 0.257 e. The number of hydrogen-bond acceptors (Lipinski definition) is 4. The molecule has 1 aromatic carbocycles. The molecule has 1 unspecified atom stereocenters. The van der Waals surface area contributed by atoms with Gasteiger partial charge in [-0.1, -0.05) is 0 Å². The number of carbonyl (C=O) groups excluding carboxylic acids is 1. The van der Waals surface area contributed by atoms with E-state index in [4.69, 9.17) is 4.74 Å². The van der Waals surface area contributed by atoms with Crippen molar-refractivity contribution in [3.05, 3.63) is 36.7 Å². The fourth-order valence-electron chi connectivity index (χ4n) is 3.19. The molecule has 25 heavy (non-hydrogen) atoms. The highest BCUT2D eigenvalue weighted by atomic mass is 16.5. The van der Waals surface area contributed by atoms with Crippen molar-refractivity contribution in [2.75, 3.05) is 26.7 Å². The zero-order valence-electron chi connectivity index (χ0n) is 14.9. The number of benzene rings is 1. The molecule has 1 amide bonds. The van der Waals surface area contributed by atoms with Gasteiger partial charge in [-0.3, -0.25) is 9.48 Å². The van der Waals surface area contributed by atoms with E-state index in [0.29, 0.717) is 18.3 Å². The largest absolute Gasteiger partial charge is 0.484 e. The Morgan fingerprint density at radius 1 is 1.40 bits per heavy atom. The maximum Gasteiger partial charge on any atom is 0.257 e. The molecule has 1 aliphatic rings. The molecule has 0 spiro atoms. The number of rotatable bonds is 7. The first-order valence-corrected chi connectivity index (χ1v) is 8.72. The summed E-state index contributed by atoms with van der Waals surface area (Å²) >= 11 is 0. The van der Waals surface area contributed by atoms with Crippen molar-refractivity contribution >= 4 is 5.91 Å². The van der Waals surface area contributed by atoms with Gasteiger partial charge in [0, 0.05) is 31.4 Å². The molecule has 6 nitrogen and oxygen atoms in total. The summed E-state index contributed by atoms with van der Waals surface area (Å²) in [5.41, 5.74) is 1.96. The van der Waals surface area contributed by atoms with Crippen LogP contribution in [0.1, 0.15) is 19.3 Å². The number of carbonyl (C=O) groups is 1. The van der Waals surface area contributed by atoms with E-state index in [9.17, 15) is 4.79 Å². The molecule has 3 rings (SSSR count). The lowest BCUT2D eigenvalue weighted by atomic mass is 10.1. The summed E-state index contributed by atoms with van der Waals surface area (Å²) in [6.07, 6.45) is 7.19. The van der Waals surface area contributed by atoms with Crippen molar-refractivity contribution in [3.8, 4) is 16.9 Å². The van der Waals surface area contributed by atoms with Crippen molar-refractivity contribution in [2.24, 2.45) is 7.05 Å². The predicted molar refractivity (Wildman–Crippen MR) is 96.3 cm³/mol. The molecule has 1 aromatic heterocycles. The Morgan fingerprint density at radius 2 is 2.28 bits per heavy atom. The van der Waals surface area contributed by atoms with Gasteiger partial charge in [0.1, 0.15) is 5.75 Å². The highest BCUT2D eigenvalue weighted by Crippen LogP contribution is 2.23. The van der Waals surface area contributed by atoms with E-state index in [1.165, 1.54) is 12.8 Å². The molecule has 1 fully saturated rings. The van der Waals surface area contributed by atoms with Gasteiger partial charge in [-0.2, -0.15) is 5.10 Å². The van der Waals surface area contributed by atoms with E-state index in [2.05, 4.69) is 28.4 Å². The number of nitrogens with zero attached hydrogens (tertiary/aromatic N) is 3. The third-order valence-corrected chi connectivity index (χ3v) is 4.64. The molecule has 0 saturated carbocycles. The van der Waals surface area contributed by atoms with Crippen molar-refractivity contribution in [3.63, 3.8) is 0 Å². The minimum absolute atomic E-state index is 0.0187. The fourth-order valence-corrected chi connectivity index (χ4v) is 3.19. The number of nitrogens with one attached hydrogen (secondary N) is 1. The van der Waals surface area contributed by atoms with Crippen LogP contribution in [-0.4, -0.2) is 53.4 Å². The molecular weight excluding hydrogens is 316 g/mol. The predicted octanol–water partition coefficient (Wildman–Crippen LogP) is 1.87. The number of likely N-dealkylation sites (tertiary alicyclic amines) is 1. The molecule has 1 N–H and O–H groups in total. The van der Waals surface area contributed by atoms with Crippen LogP contribution in [0.2, 0.25) is 0 Å². The Morgan fingerprint density at radius 3 is 3.00 bits per heavy atom. The molecule has 133 valence electrons. The van der Waals surface area contributed by atoms with E-state index in [-0.39, 0.29) is 12.5 Å². The van der Waals surface area contributed by atoms with E-state index in [1.54, 1.807) is 16.9 Å². The second-order valence-corrected chi connectivity index (χ2v) is 6.56. The van der Waals surface area contributed by atoms with Crippen LogP contribution >= 0.6 is 0 Å². The first-order chi connectivity index (χ1) is 12.1. The van der Waals surface area contributed by atoms with Crippen LogP contribution in [0, 0.1) is 6.07 Å². The van der Waals surface area contributed by atoms with Crippen molar-refractivity contribution in [1.82, 2.24) is 20.0 Å². The van der Waals surface area contributed by atoms with Crippen LogP contribution in [-0.2, 0) is 11.8 Å². The van der Waals surface area contributed by atoms with Gasteiger partial charge in [0.2, 0.25) is 0 Å². The summed E-state index contributed by atoms with van der Waals surface area (Å²) < 4.78 is 7.35. The summed E-state index contributed by atoms with van der Waals surface area (Å²) in [6, 6.07) is 9.15. The number of aryl methyl sites for hydroxylation is 1. The lowest BCUT2D eigenvalue weighted by Crippen LogP contribution is -2.34. The molecular formula is C19H25N4O2. The van der Waals surface area contributed by atoms with E-state index in [0.717, 1.165) is 24.1 Å². The Labute approximate surface area is 148 Å². The van der Waals surface area contributed by atoms with Crippen LogP contribution in [0.4, 0.5) is 0 Å². The molecule has 0 aliphatic carbocycles. The van der Waals surface area contributed by atoms with E-state index >= 15 is 0 Å². The van der Waals surface area contributed by atoms with Gasteiger partial charge in [-0.05, 0) is 62.7 Å². The molecule has 2 heterocycles. The van der Waals surface area contributed by atoms with Crippen molar-refractivity contribution < 1.29 is 9.53 Å². The highest BCUT2D eigenvalue weighted by molar-refractivity contribution is 5.77. The maximum absolute atomic E-state index is 12.0. The Balaban J connectivity index is 1.44. The van der Waals surface area contributed by atoms with Crippen LogP contribution in [0.3, 0.4) is 0 Å². The maximum atomic E-state index is 12.0. The molecule has 1 aliphatic heterocycles. The molecule has 1 saturated heterocycles. The van der Waals surface area contributed by atoms with Gasteiger partial charge in [0.15, 0.2) is 6.61 Å². The monoisotopic (exact) mass is 341 g/mol. The van der Waals surface area contributed by atoms with Crippen LogP contribution in [0.15, 0.2) is 30.6 Å². The molecule has 1 atom stereocenters. The first kappa shape index (κ1) is 17.5. The SMILES string of the molecule is CN1CCCC1CCNC(=O)COc1c[c]cc(-c2cnn(C)c2)c1. The number of aromatic nitrogens is 2. The quantitative estimate of drug-likeness (QED) is 0.835. The van der Waals surface area contributed by atoms with Gasteiger partial charge in [-0.25, -0.2) is 0 Å². The van der Waals surface area contributed by atoms with E-state index < -0.39 is 0 Å². The second kappa shape index (κ2) is 8.16. The average molecular weight is 341 g/mol. The van der Waals surface area contributed by atoms with E-state index in [1.807, 2.05) is 25.4 Å². The highest BCUT2D eigenvalue weighted by Gasteiger charge is 2.20. The third kappa shape index (κ3) is 4.82. The summed E-state index contributed by atoms with van der Waals surface area (Å²) in [6.45, 7) is 1.87. The van der Waals surface area contributed by atoms with Gasteiger partial charge in [-0.15, -0.1) is 0 Å². The standard InChI is InChI=1S/C19H25N4O2/c1-22-10-4-6-17(22)8-9-20-19(24)14-25-18-7-3-5-15(11-18)16-12-21-23(2)13-16/h5,7,11-13,17H,4,6,8-10,14H2,1-2H3,(H,20,24). The summed E-state index contributed by atoms with van der Waals surface area (Å²) in [5.74, 6) is 0.541. The van der Waals surface area contributed by atoms with Crippen LogP contribution in [0.5, 0.6) is 5.75 Å². The Kier molecular flexibility index (Phi) is 5.71. The topological polar surface area (TPSA) is 59.4 Å². The lowest BCUT2D eigenvalue weighted by Gasteiger charge is -2.19. The minimum atomic E-state index is -0.0903. The number of amides is 1. The molecule has 6 heteroatoms.